The van der Waals surface area contributed by atoms with Crippen LogP contribution in [0.15, 0.2) is 22.7 Å². The van der Waals surface area contributed by atoms with E-state index in [1.54, 1.807) is 6.07 Å². The molecule has 0 amide bonds. The molecule has 0 spiro atoms. The van der Waals surface area contributed by atoms with Gasteiger partial charge in [0.05, 0.1) is 4.47 Å². The Balaban J connectivity index is 2.80. The van der Waals surface area contributed by atoms with Gasteiger partial charge in [0.25, 0.3) is 0 Å². The maximum atomic E-state index is 13.2. The largest absolute Gasteiger partial charge is 0.206 e. The zero-order valence-corrected chi connectivity index (χ0v) is 11.2. The molecule has 0 N–H and O–H groups in total. The SMILES string of the molecule is CCC(CBr)Cc1cccc(F)c1Br. The third kappa shape index (κ3) is 3.06. The Bertz CT molecular complexity index is 295. The van der Waals surface area contributed by atoms with Crippen molar-refractivity contribution in [1.82, 2.24) is 0 Å². The van der Waals surface area contributed by atoms with Gasteiger partial charge in [0.2, 0.25) is 0 Å². The van der Waals surface area contributed by atoms with E-state index in [9.17, 15) is 4.39 Å². The lowest BCUT2D eigenvalue weighted by Crippen LogP contribution is -2.05. The Kier molecular flexibility index (Phi) is 5.10. The minimum Gasteiger partial charge on any atom is -0.206 e. The molecule has 1 rings (SSSR count). The molecule has 14 heavy (non-hydrogen) atoms. The van der Waals surface area contributed by atoms with Gasteiger partial charge >= 0.3 is 0 Å². The maximum Gasteiger partial charge on any atom is 0.137 e. The van der Waals surface area contributed by atoms with Crippen molar-refractivity contribution in [3.05, 3.63) is 34.1 Å². The number of hydrogen-bond donors (Lipinski definition) is 0. The van der Waals surface area contributed by atoms with Crippen LogP contribution in [0.3, 0.4) is 0 Å². The first-order valence-corrected chi connectivity index (χ1v) is 6.59. The Labute approximate surface area is 101 Å². The standard InChI is InChI=1S/C11H13Br2F/c1-2-8(7-12)6-9-4-3-5-10(14)11(9)13/h3-5,8H,2,6-7H2,1H3. The van der Waals surface area contributed by atoms with Crippen LogP contribution in [0.1, 0.15) is 18.9 Å². The van der Waals surface area contributed by atoms with Crippen molar-refractivity contribution >= 4 is 31.9 Å². The summed E-state index contributed by atoms with van der Waals surface area (Å²) in [5, 5.41) is 0.965. The van der Waals surface area contributed by atoms with Gasteiger partial charge in [-0.15, -0.1) is 0 Å². The fourth-order valence-electron chi connectivity index (χ4n) is 1.33. The molecule has 0 aliphatic carbocycles. The lowest BCUT2D eigenvalue weighted by Gasteiger charge is -2.12. The summed E-state index contributed by atoms with van der Waals surface area (Å²) in [5.74, 6) is 0.403. The van der Waals surface area contributed by atoms with Crippen LogP contribution in [0.5, 0.6) is 0 Å². The smallest absolute Gasteiger partial charge is 0.137 e. The van der Waals surface area contributed by atoms with Crippen molar-refractivity contribution in [3.63, 3.8) is 0 Å². The molecular formula is C11H13Br2F. The summed E-state index contributed by atoms with van der Waals surface area (Å²) in [6, 6.07) is 5.21. The van der Waals surface area contributed by atoms with Gasteiger partial charge in [-0.25, -0.2) is 4.39 Å². The zero-order chi connectivity index (χ0) is 10.6. The quantitative estimate of drug-likeness (QED) is 0.713. The second-order valence-electron chi connectivity index (χ2n) is 3.35. The van der Waals surface area contributed by atoms with Gasteiger partial charge in [0.1, 0.15) is 5.82 Å². The average molecular weight is 324 g/mol. The highest BCUT2D eigenvalue weighted by atomic mass is 79.9. The predicted octanol–water partition coefficient (Wildman–Crippen LogP) is 4.55. The Morgan fingerprint density at radius 3 is 2.71 bits per heavy atom. The van der Waals surface area contributed by atoms with Crippen LogP contribution in [-0.2, 0) is 6.42 Å². The fourth-order valence-corrected chi connectivity index (χ4v) is 2.44. The molecule has 1 unspecified atom stereocenters. The molecule has 0 saturated carbocycles. The van der Waals surface area contributed by atoms with E-state index in [4.69, 9.17) is 0 Å². The monoisotopic (exact) mass is 322 g/mol. The van der Waals surface area contributed by atoms with Gasteiger partial charge in [0.15, 0.2) is 0 Å². The molecule has 78 valence electrons. The molecule has 3 heteroatoms. The number of benzene rings is 1. The molecule has 0 aliphatic heterocycles. The van der Waals surface area contributed by atoms with Crippen molar-refractivity contribution < 1.29 is 4.39 Å². The van der Waals surface area contributed by atoms with Gasteiger partial charge in [-0.1, -0.05) is 41.4 Å². The van der Waals surface area contributed by atoms with Crippen LogP contribution in [0.25, 0.3) is 0 Å². The van der Waals surface area contributed by atoms with E-state index in [2.05, 4.69) is 38.8 Å². The lowest BCUT2D eigenvalue weighted by atomic mass is 9.99. The molecule has 1 atom stereocenters. The highest BCUT2D eigenvalue weighted by Crippen LogP contribution is 2.24. The van der Waals surface area contributed by atoms with E-state index in [0.29, 0.717) is 10.4 Å². The molecule has 0 fully saturated rings. The summed E-state index contributed by atoms with van der Waals surface area (Å²) in [6.07, 6.45) is 2.02. The second-order valence-corrected chi connectivity index (χ2v) is 4.79. The van der Waals surface area contributed by atoms with E-state index >= 15 is 0 Å². The summed E-state index contributed by atoms with van der Waals surface area (Å²) < 4.78 is 13.8. The van der Waals surface area contributed by atoms with Crippen molar-refractivity contribution in [2.24, 2.45) is 5.92 Å². The Morgan fingerprint density at radius 2 is 2.14 bits per heavy atom. The fraction of sp³-hybridized carbons (Fsp3) is 0.455. The number of halogens is 3. The van der Waals surface area contributed by atoms with E-state index in [1.165, 1.54) is 6.07 Å². The highest BCUT2D eigenvalue weighted by molar-refractivity contribution is 9.10. The zero-order valence-electron chi connectivity index (χ0n) is 8.06. The Hall–Kier alpha value is 0.110. The van der Waals surface area contributed by atoms with E-state index in [0.717, 1.165) is 23.7 Å². The van der Waals surface area contributed by atoms with Crippen LogP contribution in [0, 0.1) is 11.7 Å². The van der Waals surface area contributed by atoms with Crippen LogP contribution < -0.4 is 0 Å². The summed E-state index contributed by atoms with van der Waals surface area (Å²) >= 11 is 6.74. The van der Waals surface area contributed by atoms with E-state index in [-0.39, 0.29) is 5.82 Å². The van der Waals surface area contributed by atoms with Crippen molar-refractivity contribution in [3.8, 4) is 0 Å². The molecule has 0 nitrogen and oxygen atoms in total. The highest BCUT2D eigenvalue weighted by Gasteiger charge is 2.10. The van der Waals surface area contributed by atoms with Gasteiger partial charge in [-0.3, -0.25) is 0 Å². The summed E-state index contributed by atoms with van der Waals surface area (Å²) in [7, 11) is 0. The predicted molar refractivity (Wildman–Crippen MR) is 65.4 cm³/mol. The first kappa shape index (κ1) is 12.2. The maximum absolute atomic E-state index is 13.2. The minimum atomic E-state index is -0.174. The van der Waals surface area contributed by atoms with Crippen molar-refractivity contribution in [2.45, 2.75) is 19.8 Å². The van der Waals surface area contributed by atoms with Crippen LogP contribution in [0.2, 0.25) is 0 Å². The van der Waals surface area contributed by atoms with Gasteiger partial charge in [-0.2, -0.15) is 0 Å². The second kappa shape index (κ2) is 5.86. The van der Waals surface area contributed by atoms with E-state index < -0.39 is 0 Å². The summed E-state index contributed by atoms with van der Waals surface area (Å²) in [5.41, 5.74) is 1.05. The van der Waals surface area contributed by atoms with Gasteiger partial charge in [-0.05, 0) is 39.9 Å². The molecule has 0 heterocycles. The van der Waals surface area contributed by atoms with Crippen LogP contribution in [0.4, 0.5) is 4.39 Å². The van der Waals surface area contributed by atoms with Gasteiger partial charge in [0, 0.05) is 5.33 Å². The Morgan fingerprint density at radius 1 is 1.43 bits per heavy atom. The summed E-state index contributed by atoms with van der Waals surface area (Å²) in [4.78, 5) is 0. The molecule has 0 aliphatic rings. The molecule has 1 aromatic carbocycles. The number of hydrogen-bond acceptors (Lipinski definition) is 0. The van der Waals surface area contributed by atoms with E-state index in [1.807, 2.05) is 6.07 Å². The van der Waals surface area contributed by atoms with Crippen LogP contribution in [-0.4, -0.2) is 5.33 Å². The molecule has 0 radical (unpaired) electrons. The van der Waals surface area contributed by atoms with Crippen molar-refractivity contribution in [1.29, 1.82) is 0 Å². The van der Waals surface area contributed by atoms with Gasteiger partial charge < -0.3 is 0 Å². The average Bonchev–Trinajstić information content (AvgIpc) is 2.20. The number of rotatable bonds is 4. The van der Waals surface area contributed by atoms with Crippen LogP contribution >= 0.6 is 31.9 Å². The first-order chi connectivity index (χ1) is 6.69. The molecule has 0 bridgehead atoms. The first-order valence-electron chi connectivity index (χ1n) is 4.67. The minimum absolute atomic E-state index is 0.174. The molecular weight excluding hydrogens is 311 g/mol. The van der Waals surface area contributed by atoms with Crippen molar-refractivity contribution in [2.75, 3.05) is 5.33 Å². The summed E-state index contributed by atoms with van der Waals surface area (Å²) in [6.45, 7) is 2.15. The molecule has 0 aromatic heterocycles. The topological polar surface area (TPSA) is 0 Å². The number of alkyl halides is 1. The molecule has 0 saturated heterocycles. The third-order valence-corrected chi connectivity index (χ3v) is 4.14. The molecule has 1 aromatic rings. The normalized spacial score (nSPS) is 12.9. The lowest BCUT2D eigenvalue weighted by molar-refractivity contribution is 0.564. The third-order valence-electron chi connectivity index (χ3n) is 2.34.